The van der Waals surface area contributed by atoms with Gasteiger partial charge in [-0.15, -0.1) is 0 Å². The Hall–Kier alpha value is -8.39. The highest BCUT2D eigenvalue weighted by molar-refractivity contribution is 6.31. The first kappa shape index (κ1) is 40.3. The lowest BCUT2D eigenvalue weighted by atomic mass is 10.0. The zero-order chi connectivity index (χ0) is 42.4. The van der Waals surface area contributed by atoms with E-state index in [-0.39, 0.29) is 56.4 Å². The molecule has 5 aromatic carbocycles. The van der Waals surface area contributed by atoms with Gasteiger partial charge in [-0.05, 0) is 110 Å². The van der Waals surface area contributed by atoms with Crippen LogP contribution >= 0.6 is 0 Å². The number of carbonyl (C=O) groups is 7. The van der Waals surface area contributed by atoms with Crippen LogP contribution in [0.2, 0.25) is 0 Å². The maximum atomic E-state index is 13.6. The van der Waals surface area contributed by atoms with Crippen LogP contribution < -0.4 is 25.2 Å². The number of nitrogens with zero attached hydrogens (tertiary/aromatic N) is 2. The largest absolute Gasteiger partial charge is 0.478 e. The Bertz CT molecular complexity index is 2630. The number of aromatic carboxylic acids is 2. The normalized spacial score (nSPS) is 12.2. The molecule has 0 fully saturated rings. The van der Waals surface area contributed by atoms with E-state index in [0.717, 1.165) is 11.0 Å². The number of carboxylic acid groups (broad SMARTS) is 2. The van der Waals surface area contributed by atoms with Gasteiger partial charge in [-0.1, -0.05) is 36.9 Å². The molecule has 4 N–H and O–H groups in total. The van der Waals surface area contributed by atoms with E-state index in [2.05, 4.69) is 17.2 Å². The lowest BCUT2D eigenvalue weighted by Crippen LogP contribution is -2.30. The molecule has 294 valence electrons. The number of imide groups is 1. The molecule has 14 nitrogen and oxygen atoms in total. The van der Waals surface area contributed by atoms with E-state index >= 15 is 0 Å². The van der Waals surface area contributed by atoms with Crippen molar-refractivity contribution in [1.29, 1.82) is 0 Å². The van der Waals surface area contributed by atoms with E-state index in [1.807, 2.05) is 0 Å². The summed E-state index contributed by atoms with van der Waals surface area (Å²) in [6, 6.07) is 29.3. The Labute approximate surface area is 337 Å². The minimum atomic E-state index is -1.22. The number of carbonyl (C=O) groups excluding carboxylic acids is 5. The molecule has 1 heterocycles. The first-order valence-electron chi connectivity index (χ1n) is 17.7. The first-order chi connectivity index (χ1) is 28.2. The molecule has 0 unspecified atom stereocenters. The van der Waals surface area contributed by atoms with Crippen molar-refractivity contribution in [3.05, 3.63) is 179 Å². The molecule has 0 atom stereocenters. The monoisotopic (exact) mass is 790 g/mol. The number of aryl methyl sites for hydroxylation is 1. The van der Waals surface area contributed by atoms with Crippen molar-refractivity contribution in [3.63, 3.8) is 0 Å². The second-order valence-corrected chi connectivity index (χ2v) is 13.0. The maximum absolute atomic E-state index is 13.6. The summed E-state index contributed by atoms with van der Waals surface area (Å²) in [7, 11) is 1.58. The summed E-state index contributed by atoms with van der Waals surface area (Å²) in [5.74, 6) is -4.49. The molecule has 59 heavy (non-hydrogen) atoms. The van der Waals surface area contributed by atoms with Gasteiger partial charge >= 0.3 is 11.9 Å². The summed E-state index contributed by atoms with van der Waals surface area (Å²) < 4.78 is 5.96. The standard InChI is InChI=1S/C45H34N4O10/c1-26-12-14-28(41(52)47-38-11-7-5-9-35(38)45(57)58)24-36(26)43(54)48(3)30-16-20-32(21-17-30)59-33-22-18-31(19-23-33)49-39(50)25-29(42(49)53)15-13-27(2)40(51)46-37-10-6-4-8-34(37)44(55)56/h4-25H,2H2,1,3H3,(H,46,51)(H,47,52)(H,55,56)(H,57,58)/b15-13-. The van der Waals surface area contributed by atoms with Gasteiger partial charge in [-0.25, -0.2) is 14.5 Å². The number of carboxylic acids is 2. The highest BCUT2D eigenvalue weighted by atomic mass is 16.5. The van der Waals surface area contributed by atoms with Crippen LogP contribution in [0.15, 0.2) is 151 Å². The van der Waals surface area contributed by atoms with Crippen LogP contribution in [0.1, 0.15) is 47.0 Å². The molecule has 1 aliphatic heterocycles. The molecule has 0 spiro atoms. The molecule has 0 radical (unpaired) electrons. The molecule has 5 amide bonds. The SMILES string of the molecule is C=C(/C=C\C1=CC(=O)N(c2ccc(Oc3ccc(N(C)C(=O)c4cc(C(=O)Nc5ccccc5C(=O)O)ccc4C)cc3)cc2)C1=O)C(=O)Nc1ccccc1C(=O)O. The van der Waals surface area contributed by atoms with Crippen LogP contribution in [0.3, 0.4) is 0 Å². The Balaban J connectivity index is 1.05. The Morgan fingerprint density at radius 3 is 1.88 bits per heavy atom. The third-order valence-corrected chi connectivity index (χ3v) is 9.11. The van der Waals surface area contributed by atoms with Crippen LogP contribution in [0, 0.1) is 6.92 Å². The quantitative estimate of drug-likeness (QED) is 0.0535. The fourth-order valence-corrected chi connectivity index (χ4v) is 5.90. The lowest BCUT2D eigenvalue weighted by Gasteiger charge is -2.20. The van der Waals surface area contributed by atoms with Crippen molar-refractivity contribution < 1.29 is 48.5 Å². The molecule has 6 rings (SSSR count). The minimum absolute atomic E-state index is 0.00579. The third kappa shape index (κ3) is 9.03. The molecule has 5 aromatic rings. The van der Waals surface area contributed by atoms with Gasteiger partial charge in [0.05, 0.1) is 28.2 Å². The van der Waals surface area contributed by atoms with Crippen molar-refractivity contribution in [3.8, 4) is 11.5 Å². The number of anilines is 4. The molecule has 1 aliphatic rings. The van der Waals surface area contributed by atoms with Crippen molar-refractivity contribution in [1.82, 2.24) is 0 Å². The molecule has 0 bridgehead atoms. The average molecular weight is 791 g/mol. The van der Waals surface area contributed by atoms with E-state index in [1.165, 1.54) is 65.6 Å². The summed E-state index contributed by atoms with van der Waals surface area (Å²) in [6.07, 6.45) is 3.65. The molecule has 14 heteroatoms. The smallest absolute Gasteiger partial charge is 0.337 e. The van der Waals surface area contributed by atoms with Gasteiger partial charge in [0.25, 0.3) is 29.5 Å². The van der Waals surface area contributed by atoms with E-state index in [0.29, 0.717) is 22.7 Å². The minimum Gasteiger partial charge on any atom is -0.478 e. The third-order valence-electron chi connectivity index (χ3n) is 9.11. The number of para-hydroxylation sites is 2. The zero-order valence-electron chi connectivity index (χ0n) is 31.5. The summed E-state index contributed by atoms with van der Waals surface area (Å²) in [5.41, 5.74) is 1.81. The summed E-state index contributed by atoms with van der Waals surface area (Å²) in [4.78, 5) is 90.7. The lowest BCUT2D eigenvalue weighted by molar-refractivity contribution is -0.120. The number of rotatable bonds is 13. The van der Waals surface area contributed by atoms with E-state index < -0.39 is 35.6 Å². The number of benzene rings is 5. The number of nitrogens with one attached hydrogen (secondary N) is 2. The van der Waals surface area contributed by atoms with Crippen molar-refractivity contribution in [2.75, 3.05) is 27.5 Å². The number of amides is 5. The Morgan fingerprint density at radius 2 is 1.29 bits per heavy atom. The predicted molar refractivity (Wildman–Crippen MR) is 219 cm³/mol. The van der Waals surface area contributed by atoms with Crippen molar-refractivity contribution in [2.24, 2.45) is 0 Å². The molecule has 0 saturated carbocycles. The predicted octanol–water partition coefficient (Wildman–Crippen LogP) is 7.26. The Kier molecular flexibility index (Phi) is 11.7. The fraction of sp³-hybridized carbons (Fsp3) is 0.0444. The zero-order valence-corrected chi connectivity index (χ0v) is 31.5. The molecular weight excluding hydrogens is 757 g/mol. The highest BCUT2D eigenvalue weighted by Gasteiger charge is 2.31. The van der Waals surface area contributed by atoms with Gasteiger partial charge in [0.2, 0.25) is 0 Å². The van der Waals surface area contributed by atoms with Gasteiger partial charge in [0.15, 0.2) is 0 Å². The van der Waals surface area contributed by atoms with Gasteiger partial charge in [0.1, 0.15) is 11.5 Å². The molecular formula is C45H34N4O10. The van der Waals surface area contributed by atoms with Crippen LogP contribution in [0.25, 0.3) is 0 Å². The second-order valence-electron chi connectivity index (χ2n) is 13.0. The van der Waals surface area contributed by atoms with Gasteiger partial charge < -0.3 is 30.5 Å². The van der Waals surface area contributed by atoms with E-state index in [9.17, 15) is 43.8 Å². The molecule has 0 aromatic heterocycles. The van der Waals surface area contributed by atoms with E-state index in [1.54, 1.807) is 80.7 Å². The van der Waals surface area contributed by atoms with Crippen LogP contribution in [-0.4, -0.2) is 58.7 Å². The highest BCUT2D eigenvalue weighted by Crippen LogP contribution is 2.30. The van der Waals surface area contributed by atoms with Crippen LogP contribution in [0.4, 0.5) is 22.7 Å². The second kappa shape index (κ2) is 17.2. The summed E-state index contributed by atoms with van der Waals surface area (Å²) in [6.45, 7) is 5.41. The number of hydrogen-bond acceptors (Lipinski definition) is 8. The topological polar surface area (TPSA) is 200 Å². The van der Waals surface area contributed by atoms with Crippen LogP contribution in [0.5, 0.6) is 11.5 Å². The summed E-state index contributed by atoms with van der Waals surface area (Å²) in [5, 5.41) is 23.9. The molecule has 0 aliphatic carbocycles. The van der Waals surface area contributed by atoms with Gasteiger partial charge in [-0.3, -0.25) is 24.0 Å². The summed E-state index contributed by atoms with van der Waals surface area (Å²) >= 11 is 0. The first-order valence-corrected chi connectivity index (χ1v) is 17.7. The van der Waals surface area contributed by atoms with E-state index in [4.69, 9.17) is 4.74 Å². The molecule has 0 saturated heterocycles. The fourth-order valence-electron chi connectivity index (χ4n) is 5.90. The van der Waals surface area contributed by atoms with Gasteiger partial charge in [0, 0.05) is 41.1 Å². The average Bonchev–Trinajstić information content (AvgIpc) is 3.51. The van der Waals surface area contributed by atoms with Crippen LogP contribution in [-0.2, 0) is 14.4 Å². The number of hydrogen-bond donors (Lipinski definition) is 4. The number of ether oxygens (including phenoxy) is 1. The maximum Gasteiger partial charge on any atom is 0.337 e. The van der Waals surface area contributed by atoms with Crippen molar-refractivity contribution in [2.45, 2.75) is 6.92 Å². The van der Waals surface area contributed by atoms with Crippen molar-refractivity contribution >= 4 is 64.2 Å². The Morgan fingerprint density at radius 1 is 0.729 bits per heavy atom. The van der Waals surface area contributed by atoms with Gasteiger partial charge in [-0.2, -0.15) is 0 Å².